The predicted molar refractivity (Wildman–Crippen MR) is 103 cm³/mol. The average molecular weight is 395 g/mol. The normalized spacial score (nSPS) is 13.4. The van der Waals surface area contributed by atoms with Gasteiger partial charge in [-0.2, -0.15) is 0 Å². The molecule has 0 bridgehead atoms. The van der Waals surface area contributed by atoms with E-state index in [1.807, 2.05) is 36.4 Å². The van der Waals surface area contributed by atoms with E-state index >= 15 is 0 Å². The van der Waals surface area contributed by atoms with Crippen LogP contribution in [-0.4, -0.2) is 39.4 Å². The van der Waals surface area contributed by atoms with Crippen LogP contribution >= 0.6 is 11.5 Å². The molecule has 2 N–H and O–H groups in total. The van der Waals surface area contributed by atoms with Crippen molar-refractivity contribution in [1.82, 2.24) is 14.9 Å². The molecule has 1 unspecified atom stereocenters. The molecule has 0 saturated heterocycles. The van der Waals surface area contributed by atoms with Crippen molar-refractivity contribution in [2.75, 3.05) is 6.61 Å². The number of hydrogen-bond acceptors (Lipinski definition) is 6. The molecule has 3 aromatic rings. The highest BCUT2D eigenvalue weighted by Gasteiger charge is 2.29. The smallest absolute Gasteiger partial charge is 0.407 e. The van der Waals surface area contributed by atoms with E-state index in [0.29, 0.717) is 4.88 Å². The number of carbonyl (C=O) groups excluding carboxylic acids is 1. The molecule has 0 spiro atoms. The highest BCUT2D eigenvalue weighted by molar-refractivity contribution is 7.05. The van der Waals surface area contributed by atoms with Gasteiger partial charge in [-0.3, -0.25) is 0 Å². The number of benzene rings is 2. The molecule has 7 nitrogen and oxygen atoms in total. The summed E-state index contributed by atoms with van der Waals surface area (Å²) >= 11 is 1.10. The lowest BCUT2D eigenvalue weighted by Crippen LogP contribution is -2.42. The highest BCUT2D eigenvalue weighted by Crippen LogP contribution is 2.44. The molecule has 1 atom stereocenters. The Bertz CT molecular complexity index is 961. The van der Waals surface area contributed by atoms with E-state index in [9.17, 15) is 14.7 Å². The minimum absolute atomic E-state index is 0.0767. The van der Waals surface area contributed by atoms with Gasteiger partial charge in [-0.05, 0) is 33.8 Å². The lowest BCUT2D eigenvalue weighted by atomic mass is 9.98. The Hall–Kier alpha value is -3.26. The summed E-state index contributed by atoms with van der Waals surface area (Å²) in [6.07, 6.45) is 0.837. The lowest BCUT2D eigenvalue weighted by molar-refractivity contribution is -0.139. The van der Waals surface area contributed by atoms with Gasteiger partial charge in [-0.15, -0.1) is 5.10 Å². The molecule has 1 amide bonds. The van der Waals surface area contributed by atoms with E-state index in [1.165, 1.54) is 6.20 Å². The number of aromatic nitrogens is 2. The third-order valence-electron chi connectivity index (χ3n) is 4.75. The SMILES string of the molecule is O=C(NC(Cc1cnns1)C(=O)O)OCC1c2ccccc2-c2ccccc21. The molecule has 1 aromatic heterocycles. The van der Waals surface area contributed by atoms with Gasteiger partial charge in [0.2, 0.25) is 0 Å². The minimum atomic E-state index is -1.14. The van der Waals surface area contributed by atoms with E-state index in [1.54, 1.807) is 0 Å². The molecule has 0 fully saturated rings. The van der Waals surface area contributed by atoms with Crippen molar-refractivity contribution in [2.45, 2.75) is 18.4 Å². The maximum Gasteiger partial charge on any atom is 0.407 e. The molecule has 0 radical (unpaired) electrons. The minimum Gasteiger partial charge on any atom is -0.480 e. The fourth-order valence-corrected chi connectivity index (χ4v) is 4.00. The molecule has 2 aromatic carbocycles. The van der Waals surface area contributed by atoms with Gasteiger partial charge in [-0.1, -0.05) is 53.0 Å². The van der Waals surface area contributed by atoms with Gasteiger partial charge in [0.1, 0.15) is 12.6 Å². The van der Waals surface area contributed by atoms with Gasteiger partial charge in [0, 0.05) is 17.2 Å². The first-order valence-electron chi connectivity index (χ1n) is 8.74. The summed E-state index contributed by atoms with van der Waals surface area (Å²) in [5, 5.41) is 15.4. The van der Waals surface area contributed by atoms with Gasteiger partial charge in [-0.25, -0.2) is 9.59 Å². The Morgan fingerprint density at radius 3 is 2.32 bits per heavy atom. The van der Waals surface area contributed by atoms with E-state index in [2.05, 4.69) is 27.0 Å². The topological polar surface area (TPSA) is 101 Å². The van der Waals surface area contributed by atoms with Gasteiger partial charge < -0.3 is 15.2 Å². The Labute approximate surface area is 165 Å². The number of alkyl carbamates (subject to hydrolysis) is 1. The van der Waals surface area contributed by atoms with Crippen LogP contribution in [0.4, 0.5) is 4.79 Å². The lowest BCUT2D eigenvalue weighted by Gasteiger charge is -2.17. The maximum absolute atomic E-state index is 12.2. The summed E-state index contributed by atoms with van der Waals surface area (Å²) in [6, 6.07) is 14.9. The van der Waals surface area contributed by atoms with Crippen LogP contribution in [0.15, 0.2) is 54.7 Å². The van der Waals surface area contributed by atoms with E-state index < -0.39 is 18.1 Å². The first-order chi connectivity index (χ1) is 13.6. The summed E-state index contributed by atoms with van der Waals surface area (Å²) < 4.78 is 9.10. The van der Waals surface area contributed by atoms with Crippen LogP contribution in [0.3, 0.4) is 0 Å². The molecule has 28 heavy (non-hydrogen) atoms. The number of hydrogen-bond donors (Lipinski definition) is 2. The second-order valence-corrected chi connectivity index (χ2v) is 7.32. The van der Waals surface area contributed by atoms with Crippen molar-refractivity contribution in [1.29, 1.82) is 0 Å². The van der Waals surface area contributed by atoms with Crippen molar-refractivity contribution >= 4 is 23.6 Å². The second-order valence-electron chi connectivity index (χ2n) is 6.45. The van der Waals surface area contributed by atoms with Gasteiger partial charge in [0.05, 0.1) is 6.20 Å². The summed E-state index contributed by atoms with van der Waals surface area (Å²) in [5.74, 6) is -1.21. The highest BCUT2D eigenvalue weighted by atomic mass is 32.1. The Balaban J connectivity index is 1.44. The molecule has 1 heterocycles. The van der Waals surface area contributed by atoms with Gasteiger partial charge in [0.15, 0.2) is 0 Å². The standard InChI is InChI=1S/C20H17N3O4S/c24-19(25)18(9-12-10-21-23-28-12)22-20(26)27-11-17-15-7-3-1-5-13(15)14-6-2-4-8-16(14)17/h1-8,10,17-18H,9,11H2,(H,22,26)(H,24,25). The van der Waals surface area contributed by atoms with Crippen molar-refractivity contribution in [3.63, 3.8) is 0 Å². The molecule has 142 valence electrons. The largest absolute Gasteiger partial charge is 0.480 e. The molecule has 8 heteroatoms. The fourth-order valence-electron chi connectivity index (χ4n) is 3.46. The number of aliphatic carboxylic acids is 1. The van der Waals surface area contributed by atoms with Crippen molar-refractivity contribution < 1.29 is 19.4 Å². The molecule has 1 aliphatic rings. The zero-order chi connectivity index (χ0) is 19.5. The van der Waals surface area contributed by atoms with Crippen LogP contribution < -0.4 is 5.32 Å². The summed E-state index contributed by atoms with van der Waals surface area (Å²) in [7, 11) is 0. The molecule has 0 aliphatic heterocycles. The zero-order valence-corrected chi connectivity index (χ0v) is 15.6. The monoisotopic (exact) mass is 395 g/mol. The zero-order valence-electron chi connectivity index (χ0n) is 14.7. The first kappa shape index (κ1) is 18.1. The van der Waals surface area contributed by atoms with Crippen LogP contribution in [0.2, 0.25) is 0 Å². The van der Waals surface area contributed by atoms with Crippen LogP contribution in [0, 0.1) is 0 Å². The van der Waals surface area contributed by atoms with Crippen LogP contribution in [0.5, 0.6) is 0 Å². The second kappa shape index (κ2) is 7.77. The number of nitrogens with zero attached hydrogens (tertiary/aromatic N) is 2. The van der Waals surface area contributed by atoms with Crippen LogP contribution in [-0.2, 0) is 16.0 Å². The summed E-state index contributed by atoms with van der Waals surface area (Å²) in [4.78, 5) is 24.4. The van der Waals surface area contributed by atoms with E-state index in [-0.39, 0.29) is 18.9 Å². The number of carboxylic acids is 1. The molecular formula is C20H17N3O4S. The Morgan fingerprint density at radius 1 is 1.11 bits per heavy atom. The van der Waals surface area contributed by atoms with Crippen molar-refractivity contribution in [3.8, 4) is 11.1 Å². The number of nitrogens with one attached hydrogen (secondary N) is 1. The number of carbonyl (C=O) groups is 2. The van der Waals surface area contributed by atoms with Crippen molar-refractivity contribution in [2.24, 2.45) is 0 Å². The molecule has 1 aliphatic carbocycles. The molecule has 0 saturated carbocycles. The number of rotatable bonds is 6. The van der Waals surface area contributed by atoms with Crippen LogP contribution in [0.25, 0.3) is 11.1 Å². The Kier molecular flexibility index (Phi) is 5.03. The van der Waals surface area contributed by atoms with Crippen LogP contribution in [0.1, 0.15) is 21.9 Å². The van der Waals surface area contributed by atoms with Gasteiger partial charge in [0.25, 0.3) is 0 Å². The summed E-state index contributed by atoms with van der Waals surface area (Å²) in [5.41, 5.74) is 4.46. The first-order valence-corrected chi connectivity index (χ1v) is 9.51. The number of fused-ring (bicyclic) bond motifs is 3. The number of amides is 1. The van der Waals surface area contributed by atoms with E-state index in [4.69, 9.17) is 4.74 Å². The number of ether oxygens (including phenoxy) is 1. The van der Waals surface area contributed by atoms with Gasteiger partial charge >= 0.3 is 12.1 Å². The predicted octanol–water partition coefficient (Wildman–Crippen LogP) is 3.07. The fraction of sp³-hybridized carbons (Fsp3) is 0.200. The van der Waals surface area contributed by atoms with Crippen molar-refractivity contribution in [3.05, 3.63) is 70.7 Å². The third-order valence-corrected chi connectivity index (χ3v) is 5.43. The third kappa shape index (κ3) is 3.59. The number of carboxylic acid groups (broad SMARTS) is 1. The molecular weight excluding hydrogens is 378 g/mol. The summed E-state index contributed by atoms with van der Waals surface area (Å²) in [6.45, 7) is 0.133. The average Bonchev–Trinajstić information content (AvgIpc) is 3.32. The Morgan fingerprint density at radius 2 is 1.75 bits per heavy atom. The maximum atomic E-state index is 12.2. The van der Waals surface area contributed by atoms with E-state index in [0.717, 1.165) is 33.8 Å². The quantitative estimate of drug-likeness (QED) is 0.665. The molecule has 4 rings (SSSR count).